The number of benzene rings is 1. The highest BCUT2D eigenvalue weighted by Gasteiger charge is 2.19. The van der Waals surface area contributed by atoms with Crippen LogP contribution in [0.5, 0.6) is 0 Å². The highest BCUT2D eigenvalue weighted by molar-refractivity contribution is 5.75. The summed E-state index contributed by atoms with van der Waals surface area (Å²) < 4.78 is 1.80. The molecule has 2 atom stereocenters. The summed E-state index contributed by atoms with van der Waals surface area (Å²) in [6, 6.07) is 13.5. The molecule has 0 bridgehead atoms. The Morgan fingerprint density at radius 1 is 1.08 bits per heavy atom. The number of carbonyl (C=O) groups excluding carboxylic acids is 1. The molecule has 6 heteroatoms. The first-order chi connectivity index (χ1) is 12.6. The molecule has 2 heterocycles. The Morgan fingerprint density at radius 2 is 1.85 bits per heavy atom. The second-order valence-electron chi connectivity index (χ2n) is 6.29. The lowest BCUT2D eigenvalue weighted by Gasteiger charge is -2.27. The van der Waals surface area contributed by atoms with Crippen LogP contribution >= 0.6 is 0 Å². The predicted octanol–water partition coefficient (Wildman–Crippen LogP) is 3.73. The third kappa shape index (κ3) is 3.91. The van der Waals surface area contributed by atoms with Gasteiger partial charge >= 0.3 is 6.03 Å². The average Bonchev–Trinajstić information content (AvgIpc) is 3.22. The monoisotopic (exact) mass is 349 g/mol. The maximum atomic E-state index is 12.6. The summed E-state index contributed by atoms with van der Waals surface area (Å²) in [6.45, 7) is 3.96. The van der Waals surface area contributed by atoms with Crippen molar-refractivity contribution in [3.05, 3.63) is 78.4 Å². The number of rotatable bonds is 5. The predicted molar refractivity (Wildman–Crippen MR) is 101 cm³/mol. The fraction of sp³-hybridized carbons (Fsp3) is 0.250. The van der Waals surface area contributed by atoms with Gasteiger partial charge in [0.25, 0.3) is 0 Å². The molecule has 134 valence electrons. The van der Waals surface area contributed by atoms with Crippen molar-refractivity contribution in [2.75, 3.05) is 7.05 Å². The summed E-state index contributed by atoms with van der Waals surface area (Å²) in [7, 11) is 1.79. The van der Waals surface area contributed by atoms with Gasteiger partial charge in [-0.05, 0) is 49.2 Å². The molecule has 26 heavy (non-hydrogen) atoms. The van der Waals surface area contributed by atoms with Crippen LogP contribution in [-0.4, -0.2) is 32.7 Å². The summed E-state index contributed by atoms with van der Waals surface area (Å²) in [6.07, 6.45) is 7.15. The molecule has 0 unspecified atom stereocenters. The molecule has 0 aliphatic carbocycles. The fourth-order valence-corrected chi connectivity index (χ4v) is 2.73. The zero-order chi connectivity index (χ0) is 18.5. The van der Waals surface area contributed by atoms with Crippen LogP contribution in [0.25, 0.3) is 5.69 Å². The summed E-state index contributed by atoms with van der Waals surface area (Å²) in [5.41, 5.74) is 3.03. The second kappa shape index (κ2) is 7.82. The first-order valence-corrected chi connectivity index (χ1v) is 8.59. The maximum Gasteiger partial charge on any atom is 0.318 e. The highest BCUT2D eigenvalue weighted by Crippen LogP contribution is 2.19. The summed E-state index contributed by atoms with van der Waals surface area (Å²) in [5, 5.41) is 7.26. The van der Waals surface area contributed by atoms with Crippen molar-refractivity contribution in [2.45, 2.75) is 25.9 Å². The Labute approximate surface area is 153 Å². The molecule has 0 fully saturated rings. The number of hydrogen-bond acceptors (Lipinski definition) is 3. The molecule has 0 aliphatic rings. The minimum absolute atomic E-state index is 0.0573. The van der Waals surface area contributed by atoms with E-state index in [1.165, 1.54) is 0 Å². The van der Waals surface area contributed by atoms with Crippen LogP contribution in [0, 0.1) is 0 Å². The van der Waals surface area contributed by atoms with Gasteiger partial charge in [-0.25, -0.2) is 9.48 Å². The summed E-state index contributed by atoms with van der Waals surface area (Å²) in [4.78, 5) is 18.4. The molecule has 0 saturated heterocycles. The van der Waals surface area contributed by atoms with Crippen molar-refractivity contribution < 1.29 is 4.79 Å². The lowest BCUT2D eigenvalue weighted by Crippen LogP contribution is -2.39. The van der Waals surface area contributed by atoms with Crippen LogP contribution in [0.2, 0.25) is 0 Å². The molecule has 2 amide bonds. The van der Waals surface area contributed by atoms with Gasteiger partial charge in [0.05, 0.1) is 17.8 Å². The molecule has 0 aliphatic heterocycles. The molecule has 1 N–H and O–H groups in total. The SMILES string of the molecule is C[C@H](NC(=O)N(C)[C@H](C)c1cccnc1)c1ccc(-n2cccn2)cc1. The van der Waals surface area contributed by atoms with E-state index in [-0.39, 0.29) is 18.1 Å². The Morgan fingerprint density at radius 3 is 2.46 bits per heavy atom. The number of pyridine rings is 1. The molecule has 0 saturated carbocycles. The molecule has 0 radical (unpaired) electrons. The van der Waals surface area contributed by atoms with Crippen molar-refractivity contribution in [3.8, 4) is 5.69 Å². The van der Waals surface area contributed by atoms with Crippen LogP contribution in [0.3, 0.4) is 0 Å². The third-order valence-corrected chi connectivity index (χ3v) is 4.57. The van der Waals surface area contributed by atoms with Crippen LogP contribution in [0.15, 0.2) is 67.3 Å². The first kappa shape index (κ1) is 17.7. The topological polar surface area (TPSA) is 63.1 Å². The van der Waals surface area contributed by atoms with Gasteiger partial charge in [-0.1, -0.05) is 18.2 Å². The van der Waals surface area contributed by atoms with E-state index in [4.69, 9.17) is 0 Å². The average molecular weight is 349 g/mol. The zero-order valence-electron chi connectivity index (χ0n) is 15.2. The molecule has 3 aromatic rings. The number of carbonyl (C=O) groups is 1. The molecular formula is C20H23N5O. The largest absolute Gasteiger partial charge is 0.331 e. The fourth-order valence-electron chi connectivity index (χ4n) is 2.73. The van der Waals surface area contributed by atoms with E-state index < -0.39 is 0 Å². The van der Waals surface area contributed by atoms with Crippen molar-refractivity contribution in [2.24, 2.45) is 0 Å². The van der Waals surface area contributed by atoms with E-state index >= 15 is 0 Å². The van der Waals surface area contributed by atoms with E-state index in [1.54, 1.807) is 35.2 Å². The van der Waals surface area contributed by atoms with Crippen LogP contribution in [-0.2, 0) is 0 Å². The highest BCUT2D eigenvalue weighted by atomic mass is 16.2. The van der Waals surface area contributed by atoms with E-state index in [2.05, 4.69) is 15.4 Å². The van der Waals surface area contributed by atoms with Crippen LogP contribution in [0.4, 0.5) is 4.79 Å². The minimum atomic E-state index is -0.120. The normalized spacial score (nSPS) is 13.0. The number of aromatic nitrogens is 3. The quantitative estimate of drug-likeness (QED) is 0.763. The van der Waals surface area contributed by atoms with Gasteiger partial charge in [0.15, 0.2) is 0 Å². The van der Waals surface area contributed by atoms with Gasteiger partial charge in [-0.2, -0.15) is 5.10 Å². The molecule has 0 spiro atoms. The van der Waals surface area contributed by atoms with Gasteiger partial charge in [0.2, 0.25) is 0 Å². The first-order valence-electron chi connectivity index (χ1n) is 8.59. The van der Waals surface area contributed by atoms with Gasteiger partial charge in [0, 0.05) is 31.8 Å². The Hall–Kier alpha value is -3.15. The minimum Gasteiger partial charge on any atom is -0.331 e. The second-order valence-corrected chi connectivity index (χ2v) is 6.29. The van der Waals surface area contributed by atoms with E-state index in [0.29, 0.717) is 0 Å². The lowest BCUT2D eigenvalue weighted by molar-refractivity contribution is 0.191. The third-order valence-electron chi connectivity index (χ3n) is 4.57. The Balaban J connectivity index is 1.63. The molecule has 1 aromatic carbocycles. The summed E-state index contributed by atoms with van der Waals surface area (Å²) >= 11 is 0. The van der Waals surface area contributed by atoms with Crippen LogP contribution in [0.1, 0.15) is 37.1 Å². The number of urea groups is 1. The number of amides is 2. The summed E-state index contributed by atoms with van der Waals surface area (Å²) in [5.74, 6) is 0. The molecular weight excluding hydrogens is 326 g/mol. The van der Waals surface area contributed by atoms with E-state index in [0.717, 1.165) is 16.8 Å². The number of hydrogen-bond donors (Lipinski definition) is 1. The molecule has 2 aromatic heterocycles. The number of nitrogens with zero attached hydrogens (tertiary/aromatic N) is 4. The van der Waals surface area contributed by atoms with E-state index in [1.807, 2.05) is 62.5 Å². The molecule has 3 rings (SSSR count). The smallest absolute Gasteiger partial charge is 0.318 e. The van der Waals surface area contributed by atoms with Crippen molar-refractivity contribution in [3.63, 3.8) is 0 Å². The van der Waals surface area contributed by atoms with Gasteiger partial charge in [0.1, 0.15) is 0 Å². The molecule has 6 nitrogen and oxygen atoms in total. The maximum absolute atomic E-state index is 12.6. The number of nitrogens with one attached hydrogen (secondary N) is 1. The van der Waals surface area contributed by atoms with Gasteiger partial charge < -0.3 is 10.2 Å². The zero-order valence-corrected chi connectivity index (χ0v) is 15.2. The lowest BCUT2D eigenvalue weighted by atomic mass is 10.1. The van der Waals surface area contributed by atoms with Crippen molar-refractivity contribution >= 4 is 6.03 Å². The van der Waals surface area contributed by atoms with Gasteiger partial charge in [-0.3, -0.25) is 4.98 Å². The van der Waals surface area contributed by atoms with Crippen LogP contribution < -0.4 is 5.32 Å². The standard InChI is InChI=1S/C20H23N5O/c1-15(17-7-9-19(10-8-17)25-13-5-12-22-25)23-20(26)24(3)16(2)18-6-4-11-21-14-18/h4-16H,1-3H3,(H,23,26)/t15-,16+/m0/s1. The Kier molecular flexibility index (Phi) is 5.31. The Bertz CT molecular complexity index is 830. The van der Waals surface area contributed by atoms with Crippen molar-refractivity contribution in [1.82, 2.24) is 25.0 Å². The van der Waals surface area contributed by atoms with Gasteiger partial charge in [-0.15, -0.1) is 0 Å². The van der Waals surface area contributed by atoms with E-state index in [9.17, 15) is 4.79 Å². The van der Waals surface area contributed by atoms with Crippen molar-refractivity contribution in [1.29, 1.82) is 0 Å².